The summed E-state index contributed by atoms with van der Waals surface area (Å²) < 4.78 is 0. The van der Waals surface area contributed by atoms with Crippen LogP contribution in [0.1, 0.15) is 57.8 Å². The van der Waals surface area contributed by atoms with Crippen molar-refractivity contribution < 1.29 is 0 Å². The van der Waals surface area contributed by atoms with Crippen LogP contribution < -0.4 is 5.32 Å². The number of unbranched alkanes of at least 4 members (excludes halogenated alkanes) is 2. The largest absolute Gasteiger partial charge is 0.367 e. The number of rotatable bonds is 7. The van der Waals surface area contributed by atoms with Gasteiger partial charge in [-0.25, -0.2) is 9.97 Å². The first kappa shape index (κ1) is 16.2. The Morgan fingerprint density at radius 2 is 1.74 bits per heavy atom. The predicted molar refractivity (Wildman–Crippen MR) is 82.9 cm³/mol. The van der Waals surface area contributed by atoms with Crippen LogP contribution >= 0.6 is 11.6 Å². The van der Waals surface area contributed by atoms with Crippen molar-refractivity contribution in [3.63, 3.8) is 0 Å². The second kappa shape index (κ2) is 7.09. The van der Waals surface area contributed by atoms with Gasteiger partial charge in [0.1, 0.15) is 0 Å². The molecule has 4 heteroatoms. The molecule has 108 valence electrons. The zero-order chi connectivity index (χ0) is 14.5. The van der Waals surface area contributed by atoms with Crippen molar-refractivity contribution in [1.29, 1.82) is 0 Å². The fraction of sp³-hybridized carbons (Fsp3) is 0.733. The van der Waals surface area contributed by atoms with E-state index in [4.69, 9.17) is 11.6 Å². The van der Waals surface area contributed by atoms with Gasteiger partial charge >= 0.3 is 0 Å². The van der Waals surface area contributed by atoms with E-state index in [1.54, 1.807) is 0 Å². The van der Waals surface area contributed by atoms with Gasteiger partial charge in [-0.15, -0.1) is 0 Å². The first-order chi connectivity index (χ1) is 8.85. The van der Waals surface area contributed by atoms with Gasteiger partial charge in [0.15, 0.2) is 11.0 Å². The molecule has 1 N–H and O–H groups in total. The van der Waals surface area contributed by atoms with Crippen LogP contribution in [0.2, 0.25) is 5.15 Å². The molecule has 0 saturated carbocycles. The van der Waals surface area contributed by atoms with Crippen molar-refractivity contribution in [2.75, 3.05) is 11.9 Å². The molecule has 0 bridgehead atoms. The standard InChI is InChI=1S/C15H26ClN3/c1-6-7-8-9-15(4,5)10-17-14-13(16)18-11(2)12(3)19-14/h6-10H2,1-5H3,(H,17,19). The van der Waals surface area contributed by atoms with Gasteiger partial charge in [-0.1, -0.05) is 51.6 Å². The van der Waals surface area contributed by atoms with Gasteiger partial charge in [0.05, 0.1) is 11.4 Å². The number of anilines is 1. The van der Waals surface area contributed by atoms with Crippen LogP contribution in [-0.2, 0) is 0 Å². The molecule has 19 heavy (non-hydrogen) atoms. The Morgan fingerprint density at radius 3 is 2.37 bits per heavy atom. The number of aryl methyl sites for hydroxylation is 2. The van der Waals surface area contributed by atoms with Gasteiger partial charge in [-0.3, -0.25) is 0 Å². The smallest absolute Gasteiger partial charge is 0.171 e. The monoisotopic (exact) mass is 283 g/mol. The van der Waals surface area contributed by atoms with Crippen LogP contribution in [-0.4, -0.2) is 16.5 Å². The molecule has 0 atom stereocenters. The van der Waals surface area contributed by atoms with E-state index in [2.05, 4.69) is 36.1 Å². The van der Waals surface area contributed by atoms with Gasteiger partial charge in [-0.05, 0) is 25.7 Å². The minimum Gasteiger partial charge on any atom is -0.367 e. The summed E-state index contributed by atoms with van der Waals surface area (Å²) >= 11 is 6.12. The SMILES string of the molecule is CCCCCC(C)(C)CNc1nc(C)c(C)nc1Cl. The molecule has 0 saturated heterocycles. The Balaban J connectivity index is 2.58. The van der Waals surface area contributed by atoms with Gasteiger partial charge in [0.2, 0.25) is 0 Å². The maximum absolute atomic E-state index is 6.12. The summed E-state index contributed by atoms with van der Waals surface area (Å²) in [6.07, 6.45) is 5.05. The number of nitrogens with one attached hydrogen (secondary N) is 1. The van der Waals surface area contributed by atoms with E-state index >= 15 is 0 Å². The van der Waals surface area contributed by atoms with Crippen LogP contribution in [0.4, 0.5) is 5.82 Å². The summed E-state index contributed by atoms with van der Waals surface area (Å²) in [5, 5.41) is 3.81. The lowest BCUT2D eigenvalue weighted by atomic mass is 9.87. The van der Waals surface area contributed by atoms with Gasteiger partial charge < -0.3 is 5.32 Å². The second-order valence-corrected chi connectivity index (χ2v) is 6.37. The van der Waals surface area contributed by atoms with E-state index < -0.39 is 0 Å². The summed E-state index contributed by atoms with van der Waals surface area (Å²) in [5.41, 5.74) is 2.06. The molecule has 0 spiro atoms. The highest BCUT2D eigenvalue weighted by molar-refractivity contribution is 6.31. The number of hydrogen-bond donors (Lipinski definition) is 1. The Labute approximate surface area is 122 Å². The zero-order valence-corrected chi connectivity index (χ0v) is 13.6. The predicted octanol–water partition coefficient (Wildman–Crippen LogP) is 4.77. The van der Waals surface area contributed by atoms with E-state index in [0.29, 0.717) is 11.0 Å². The van der Waals surface area contributed by atoms with E-state index in [-0.39, 0.29) is 5.41 Å². The van der Waals surface area contributed by atoms with Gasteiger partial charge in [0, 0.05) is 6.54 Å². The molecule has 0 radical (unpaired) electrons. The Bertz CT molecular complexity index is 416. The summed E-state index contributed by atoms with van der Waals surface area (Å²) in [5.74, 6) is 0.702. The third-order valence-electron chi connectivity index (χ3n) is 3.46. The summed E-state index contributed by atoms with van der Waals surface area (Å²) in [4.78, 5) is 8.76. The topological polar surface area (TPSA) is 37.8 Å². The first-order valence-corrected chi connectivity index (χ1v) is 7.48. The van der Waals surface area contributed by atoms with Crippen LogP contribution in [0.25, 0.3) is 0 Å². The molecular weight excluding hydrogens is 258 g/mol. The number of nitrogens with zero attached hydrogens (tertiary/aromatic N) is 2. The maximum atomic E-state index is 6.12. The van der Waals surface area contributed by atoms with Gasteiger partial charge in [-0.2, -0.15) is 0 Å². The second-order valence-electron chi connectivity index (χ2n) is 6.01. The molecule has 1 rings (SSSR count). The summed E-state index contributed by atoms with van der Waals surface area (Å²) in [6.45, 7) is 11.5. The number of aromatic nitrogens is 2. The highest BCUT2D eigenvalue weighted by atomic mass is 35.5. The minimum atomic E-state index is 0.249. The molecule has 1 heterocycles. The van der Waals surface area contributed by atoms with Crippen LogP contribution in [0.3, 0.4) is 0 Å². The Hall–Kier alpha value is -0.830. The third-order valence-corrected chi connectivity index (χ3v) is 3.72. The molecule has 0 aliphatic rings. The van der Waals surface area contributed by atoms with Crippen LogP contribution in [0, 0.1) is 19.3 Å². The van der Waals surface area contributed by atoms with Gasteiger partial charge in [0.25, 0.3) is 0 Å². The molecule has 0 aliphatic carbocycles. The molecule has 0 aromatic carbocycles. The lowest BCUT2D eigenvalue weighted by molar-refractivity contribution is 0.342. The lowest BCUT2D eigenvalue weighted by Crippen LogP contribution is -2.24. The van der Waals surface area contributed by atoms with Crippen molar-refractivity contribution in [2.24, 2.45) is 5.41 Å². The van der Waals surface area contributed by atoms with Crippen LogP contribution in [0.5, 0.6) is 0 Å². The fourth-order valence-electron chi connectivity index (χ4n) is 1.95. The average molecular weight is 284 g/mol. The minimum absolute atomic E-state index is 0.249. The summed E-state index contributed by atoms with van der Waals surface area (Å²) in [7, 11) is 0. The third kappa shape index (κ3) is 5.35. The maximum Gasteiger partial charge on any atom is 0.171 e. The number of hydrogen-bond acceptors (Lipinski definition) is 3. The molecule has 1 aromatic rings. The van der Waals surface area contributed by atoms with Crippen molar-refractivity contribution >= 4 is 17.4 Å². The molecule has 0 fully saturated rings. The Kier molecular flexibility index (Phi) is 6.05. The molecule has 0 amide bonds. The molecule has 0 aliphatic heterocycles. The quantitative estimate of drug-likeness (QED) is 0.733. The normalized spacial score (nSPS) is 11.7. The first-order valence-electron chi connectivity index (χ1n) is 7.10. The zero-order valence-electron chi connectivity index (χ0n) is 12.8. The van der Waals surface area contributed by atoms with Crippen molar-refractivity contribution in [3.05, 3.63) is 16.5 Å². The molecule has 0 unspecified atom stereocenters. The highest BCUT2D eigenvalue weighted by Gasteiger charge is 2.18. The molecular formula is C15H26ClN3. The van der Waals surface area contributed by atoms with Crippen molar-refractivity contribution in [2.45, 2.75) is 60.3 Å². The van der Waals surface area contributed by atoms with E-state index in [1.807, 2.05) is 13.8 Å². The van der Waals surface area contributed by atoms with E-state index in [9.17, 15) is 0 Å². The molecule has 1 aromatic heterocycles. The fourth-order valence-corrected chi connectivity index (χ4v) is 2.19. The highest BCUT2D eigenvalue weighted by Crippen LogP contribution is 2.26. The van der Waals surface area contributed by atoms with E-state index in [1.165, 1.54) is 25.7 Å². The average Bonchev–Trinajstić information content (AvgIpc) is 2.32. The lowest BCUT2D eigenvalue weighted by Gasteiger charge is -2.25. The van der Waals surface area contributed by atoms with Crippen molar-refractivity contribution in [3.8, 4) is 0 Å². The Morgan fingerprint density at radius 1 is 1.11 bits per heavy atom. The van der Waals surface area contributed by atoms with Crippen LogP contribution in [0.15, 0.2) is 0 Å². The summed E-state index contributed by atoms with van der Waals surface area (Å²) in [6, 6.07) is 0. The number of halogens is 1. The van der Waals surface area contributed by atoms with Crippen molar-refractivity contribution in [1.82, 2.24) is 9.97 Å². The van der Waals surface area contributed by atoms with E-state index in [0.717, 1.165) is 17.9 Å². The molecule has 3 nitrogen and oxygen atoms in total.